The molecule has 2 heterocycles. The lowest BCUT2D eigenvalue weighted by molar-refractivity contribution is -0.121. The van der Waals surface area contributed by atoms with Gasteiger partial charge >= 0.3 is 0 Å². The van der Waals surface area contributed by atoms with Crippen molar-refractivity contribution in [1.29, 1.82) is 0 Å². The SMILES string of the molecule is CCc1nsc(N2CCN(C(=NC)NCCC(=O)NC3CCCC3)CC2)n1. The van der Waals surface area contributed by atoms with Gasteiger partial charge in [-0.1, -0.05) is 19.8 Å². The number of piperazine rings is 1. The Kier molecular flexibility index (Phi) is 7.25. The van der Waals surface area contributed by atoms with Crippen LogP contribution >= 0.6 is 11.5 Å². The Morgan fingerprint density at radius 1 is 1.26 bits per heavy atom. The quantitative estimate of drug-likeness (QED) is 0.559. The molecular weight excluding hydrogens is 362 g/mol. The average Bonchev–Trinajstić information content (AvgIpc) is 3.37. The highest BCUT2D eigenvalue weighted by Gasteiger charge is 2.22. The second kappa shape index (κ2) is 9.87. The fraction of sp³-hybridized carbons (Fsp3) is 0.778. The molecule has 1 saturated heterocycles. The molecule has 1 aliphatic carbocycles. The number of aliphatic imine (C=N–C) groups is 1. The third-order valence-electron chi connectivity index (χ3n) is 5.19. The summed E-state index contributed by atoms with van der Waals surface area (Å²) in [6, 6.07) is 0.387. The molecule has 1 saturated carbocycles. The minimum Gasteiger partial charge on any atom is -0.356 e. The van der Waals surface area contributed by atoms with Gasteiger partial charge in [0.1, 0.15) is 5.82 Å². The van der Waals surface area contributed by atoms with Crippen molar-refractivity contribution < 1.29 is 4.79 Å². The summed E-state index contributed by atoms with van der Waals surface area (Å²) >= 11 is 1.48. The molecule has 1 aromatic rings. The molecule has 8 nitrogen and oxygen atoms in total. The first-order valence-corrected chi connectivity index (χ1v) is 10.8. The summed E-state index contributed by atoms with van der Waals surface area (Å²) in [7, 11) is 1.80. The van der Waals surface area contributed by atoms with Crippen LogP contribution in [0.15, 0.2) is 4.99 Å². The number of carbonyl (C=O) groups excluding carboxylic acids is 1. The minimum atomic E-state index is 0.137. The maximum absolute atomic E-state index is 12.0. The summed E-state index contributed by atoms with van der Waals surface area (Å²) in [6.07, 6.45) is 6.08. The van der Waals surface area contributed by atoms with Crippen LogP contribution in [0.2, 0.25) is 0 Å². The van der Waals surface area contributed by atoms with Gasteiger partial charge in [-0.3, -0.25) is 9.79 Å². The number of amides is 1. The first-order chi connectivity index (χ1) is 13.2. The Labute approximate surface area is 165 Å². The fourth-order valence-electron chi connectivity index (χ4n) is 3.62. The molecule has 2 fully saturated rings. The van der Waals surface area contributed by atoms with Gasteiger partial charge in [-0.2, -0.15) is 4.37 Å². The van der Waals surface area contributed by atoms with E-state index >= 15 is 0 Å². The van der Waals surface area contributed by atoms with E-state index in [-0.39, 0.29) is 5.91 Å². The largest absolute Gasteiger partial charge is 0.356 e. The summed E-state index contributed by atoms with van der Waals surface area (Å²) in [4.78, 5) is 25.5. The standard InChI is InChI=1S/C18H31N7OS/c1-3-15-22-18(27-23-15)25-12-10-24(11-13-25)17(19-2)20-9-8-16(26)21-14-6-4-5-7-14/h14H,3-13H2,1-2H3,(H,19,20)(H,21,26). The highest BCUT2D eigenvalue weighted by Crippen LogP contribution is 2.19. The second-order valence-electron chi connectivity index (χ2n) is 7.09. The Morgan fingerprint density at radius 3 is 2.63 bits per heavy atom. The van der Waals surface area contributed by atoms with Crippen molar-refractivity contribution in [3.8, 4) is 0 Å². The van der Waals surface area contributed by atoms with Gasteiger partial charge in [0.05, 0.1) is 0 Å². The number of carbonyl (C=O) groups is 1. The highest BCUT2D eigenvalue weighted by atomic mass is 32.1. The van der Waals surface area contributed by atoms with Crippen molar-refractivity contribution in [1.82, 2.24) is 24.9 Å². The molecule has 1 aliphatic heterocycles. The van der Waals surface area contributed by atoms with Gasteiger partial charge in [0.15, 0.2) is 5.96 Å². The van der Waals surface area contributed by atoms with Gasteiger partial charge in [-0.05, 0) is 12.8 Å². The number of aromatic nitrogens is 2. The summed E-state index contributed by atoms with van der Waals surface area (Å²) in [6.45, 7) is 6.27. The molecule has 1 aromatic heterocycles. The van der Waals surface area contributed by atoms with Crippen molar-refractivity contribution in [3.63, 3.8) is 0 Å². The van der Waals surface area contributed by atoms with Crippen LogP contribution in [0.5, 0.6) is 0 Å². The molecule has 2 aliphatic rings. The summed E-state index contributed by atoms with van der Waals surface area (Å²) in [5.74, 6) is 1.93. The number of rotatable bonds is 6. The molecule has 0 atom stereocenters. The van der Waals surface area contributed by atoms with Gasteiger partial charge < -0.3 is 20.4 Å². The van der Waals surface area contributed by atoms with Crippen LogP contribution in [0.1, 0.15) is 44.9 Å². The third-order valence-corrected chi connectivity index (χ3v) is 6.01. The van der Waals surface area contributed by atoms with Crippen LogP contribution in [0, 0.1) is 0 Å². The normalized spacial score (nSPS) is 18.8. The zero-order chi connectivity index (χ0) is 19.1. The van der Waals surface area contributed by atoms with E-state index in [2.05, 4.69) is 41.7 Å². The highest BCUT2D eigenvalue weighted by molar-refractivity contribution is 7.09. The molecule has 0 unspecified atom stereocenters. The van der Waals surface area contributed by atoms with Crippen LogP contribution in [-0.2, 0) is 11.2 Å². The van der Waals surface area contributed by atoms with Crippen LogP contribution < -0.4 is 15.5 Å². The number of guanidine groups is 1. The minimum absolute atomic E-state index is 0.137. The number of anilines is 1. The monoisotopic (exact) mass is 393 g/mol. The third kappa shape index (κ3) is 5.54. The predicted octanol–water partition coefficient (Wildman–Crippen LogP) is 1.25. The molecule has 3 rings (SSSR count). The fourth-order valence-corrected chi connectivity index (χ4v) is 4.42. The summed E-state index contributed by atoms with van der Waals surface area (Å²) in [5, 5.41) is 7.48. The zero-order valence-corrected chi connectivity index (χ0v) is 17.2. The maximum atomic E-state index is 12.0. The van der Waals surface area contributed by atoms with Crippen molar-refractivity contribution >= 4 is 28.5 Å². The first kappa shape index (κ1) is 19.9. The molecular formula is C18H31N7OS. The van der Waals surface area contributed by atoms with Gasteiger partial charge in [-0.15, -0.1) is 0 Å². The number of hydrogen-bond donors (Lipinski definition) is 2. The Hall–Kier alpha value is -1.90. The zero-order valence-electron chi connectivity index (χ0n) is 16.4. The van der Waals surface area contributed by atoms with Crippen molar-refractivity contribution in [2.75, 3.05) is 44.7 Å². The number of nitrogens with zero attached hydrogens (tertiary/aromatic N) is 5. The molecule has 27 heavy (non-hydrogen) atoms. The first-order valence-electron chi connectivity index (χ1n) is 10.0. The Bertz CT molecular complexity index is 633. The van der Waals surface area contributed by atoms with Gasteiger partial charge in [0.2, 0.25) is 11.0 Å². The van der Waals surface area contributed by atoms with Crippen molar-refractivity contribution in [2.45, 2.75) is 51.5 Å². The molecule has 150 valence electrons. The van der Waals surface area contributed by atoms with Crippen LogP contribution in [-0.4, -0.2) is 71.9 Å². The van der Waals surface area contributed by atoms with E-state index in [1.165, 1.54) is 24.4 Å². The van der Waals surface area contributed by atoms with E-state index in [0.29, 0.717) is 19.0 Å². The van der Waals surface area contributed by atoms with E-state index in [1.807, 2.05) is 0 Å². The van der Waals surface area contributed by atoms with E-state index in [0.717, 1.165) is 62.4 Å². The van der Waals surface area contributed by atoms with E-state index in [4.69, 9.17) is 0 Å². The lowest BCUT2D eigenvalue weighted by Crippen LogP contribution is -2.53. The molecule has 2 N–H and O–H groups in total. The van der Waals surface area contributed by atoms with Gasteiger partial charge in [-0.25, -0.2) is 4.98 Å². The van der Waals surface area contributed by atoms with E-state index in [9.17, 15) is 4.79 Å². The van der Waals surface area contributed by atoms with E-state index in [1.54, 1.807) is 7.05 Å². The topological polar surface area (TPSA) is 85.8 Å². The average molecular weight is 394 g/mol. The van der Waals surface area contributed by atoms with Crippen molar-refractivity contribution in [3.05, 3.63) is 5.82 Å². The number of hydrogen-bond acceptors (Lipinski definition) is 6. The molecule has 0 radical (unpaired) electrons. The van der Waals surface area contributed by atoms with Crippen LogP contribution in [0.25, 0.3) is 0 Å². The van der Waals surface area contributed by atoms with Crippen LogP contribution in [0.3, 0.4) is 0 Å². The van der Waals surface area contributed by atoms with Crippen molar-refractivity contribution in [2.24, 2.45) is 4.99 Å². The van der Waals surface area contributed by atoms with Gasteiger partial charge in [0, 0.05) is 70.2 Å². The number of nitrogens with one attached hydrogen (secondary N) is 2. The molecule has 1 amide bonds. The molecule has 0 bridgehead atoms. The lowest BCUT2D eigenvalue weighted by Gasteiger charge is -2.36. The Balaban J connectivity index is 1.39. The maximum Gasteiger partial charge on any atom is 0.221 e. The summed E-state index contributed by atoms with van der Waals surface area (Å²) < 4.78 is 4.38. The summed E-state index contributed by atoms with van der Waals surface area (Å²) in [5.41, 5.74) is 0. The number of aryl methyl sites for hydroxylation is 1. The second-order valence-corrected chi connectivity index (χ2v) is 7.82. The van der Waals surface area contributed by atoms with Crippen LogP contribution in [0.4, 0.5) is 5.13 Å². The smallest absolute Gasteiger partial charge is 0.221 e. The van der Waals surface area contributed by atoms with E-state index < -0.39 is 0 Å². The lowest BCUT2D eigenvalue weighted by atomic mass is 10.2. The molecule has 9 heteroatoms. The Morgan fingerprint density at radius 2 is 2.00 bits per heavy atom. The molecule has 0 aromatic carbocycles. The van der Waals surface area contributed by atoms with Gasteiger partial charge in [0.25, 0.3) is 0 Å². The molecule has 0 spiro atoms. The predicted molar refractivity (Wildman–Crippen MR) is 109 cm³/mol.